The first kappa shape index (κ1) is 13.3. The van der Waals surface area contributed by atoms with E-state index in [1.54, 1.807) is 12.4 Å². The lowest BCUT2D eigenvalue weighted by Gasteiger charge is -2.07. The summed E-state index contributed by atoms with van der Waals surface area (Å²) in [6, 6.07) is 3.70. The highest BCUT2D eigenvalue weighted by Gasteiger charge is 2.01. The van der Waals surface area contributed by atoms with E-state index in [1.807, 2.05) is 25.1 Å². The van der Waals surface area contributed by atoms with E-state index in [0.29, 0.717) is 12.1 Å². The molecule has 0 unspecified atom stereocenters. The summed E-state index contributed by atoms with van der Waals surface area (Å²) in [5.74, 6) is 0. The van der Waals surface area contributed by atoms with Crippen LogP contribution in [0.25, 0.3) is 5.70 Å². The monoisotopic (exact) mass is 233 g/mol. The number of hydrogen-bond acceptors (Lipinski definition) is 4. The molecular formula is C13H19N3O. The van der Waals surface area contributed by atoms with Crippen molar-refractivity contribution in [2.75, 3.05) is 6.61 Å². The summed E-state index contributed by atoms with van der Waals surface area (Å²) in [6.07, 6.45) is 6.67. The lowest BCUT2D eigenvalue weighted by molar-refractivity contribution is 0.289. The molecule has 0 atom stereocenters. The van der Waals surface area contributed by atoms with Crippen LogP contribution in [-0.2, 0) is 0 Å². The van der Waals surface area contributed by atoms with Gasteiger partial charge in [0.05, 0.1) is 0 Å². The summed E-state index contributed by atoms with van der Waals surface area (Å²) in [5, 5.41) is 8.82. The van der Waals surface area contributed by atoms with E-state index >= 15 is 0 Å². The van der Waals surface area contributed by atoms with Gasteiger partial charge < -0.3 is 16.6 Å². The SMILES string of the molecule is C/C(N)=C(/C=C(\N)c1ccncc1)CCCO. The van der Waals surface area contributed by atoms with Crippen molar-refractivity contribution in [1.29, 1.82) is 0 Å². The van der Waals surface area contributed by atoms with E-state index in [-0.39, 0.29) is 6.61 Å². The molecule has 0 amide bonds. The molecule has 0 saturated carbocycles. The van der Waals surface area contributed by atoms with Gasteiger partial charge in [-0.05, 0) is 43.5 Å². The van der Waals surface area contributed by atoms with Crippen LogP contribution in [0, 0.1) is 0 Å². The topological polar surface area (TPSA) is 85.2 Å². The maximum absolute atomic E-state index is 8.82. The molecule has 0 fully saturated rings. The maximum Gasteiger partial charge on any atom is 0.0434 e. The van der Waals surface area contributed by atoms with Crippen LogP contribution < -0.4 is 11.5 Å². The Bertz CT molecular complexity index is 406. The van der Waals surface area contributed by atoms with Crippen LogP contribution in [0.4, 0.5) is 0 Å². The Kier molecular flexibility index (Phi) is 5.23. The van der Waals surface area contributed by atoms with Gasteiger partial charge in [-0.1, -0.05) is 0 Å². The first-order valence-electron chi connectivity index (χ1n) is 5.58. The van der Waals surface area contributed by atoms with Crippen molar-refractivity contribution in [3.63, 3.8) is 0 Å². The molecule has 17 heavy (non-hydrogen) atoms. The summed E-state index contributed by atoms with van der Waals surface area (Å²) in [4.78, 5) is 3.94. The smallest absolute Gasteiger partial charge is 0.0434 e. The Balaban J connectivity index is 2.89. The van der Waals surface area contributed by atoms with Crippen LogP contribution >= 0.6 is 0 Å². The second kappa shape index (κ2) is 6.70. The molecule has 1 rings (SSSR count). The third-order valence-electron chi connectivity index (χ3n) is 2.45. The zero-order valence-electron chi connectivity index (χ0n) is 10.1. The van der Waals surface area contributed by atoms with Crippen LogP contribution in [0.5, 0.6) is 0 Å². The Morgan fingerprint density at radius 1 is 1.35 bits per heavy atom. The quantitative estimate of drug-likeness (QED) is 0.671. The van der Waals surface area contributed by atoms with Crippen molar-refractivity contribution in [1.82, 2.24) is 4.98 Å². The third-order valence-corrected chi connectivity index (χ3v) is 2.45. The predicted octanol–water partition coefficient (Wildman–Crippen LogP) is 1.39. The minimum Gasteiger partial charge on any atom is -0.402 e. The third kappa shape index (κ3) is 4.28. The van der Waals surface area contributed by atoms with Gasteiger partial charge in [0.1, 0.15) is 0 Å². The van der Waals surface area contributed by atoms with Crippen LogP contribution in [0.2, 0.25) is 0 Å². The maximum atomic E-state index is 8.82. The number of hydrogen-bond donors (Lipinski definition) is 3. The molecule has 0 aromatic carbocycles. The number of nitrogens with zero attached hydrogens (tertiary/aromatic N) is 1. The fourth-order valence-corrected chi connectivity index (χ4v) is 1.47. The Labute approximate surface area is 102 Å². The molecule has 92 valence electrons. The van der Waals surface area contributed by atoms with E-state index in [4.69, 9.17) is 16.6 Å². The van der Waals surface area contributed by atoms with Crippen molar-refractivity contribution in [2.45, 2.75) is 19.8 Å². The number of pyridine rings is 1. The molecule has 0 aliphatic carbocycles. The summed E-state index contributed by atoms with van der Waals surface area (Å²) in [6.45, 7) is 1.99. The number of aliphatic hydroxyl groups is 1. The summed E-state index contributed by atoms with van der Waals surface area (Å²) < 4.78 is 0. The lowest BCUT2D eigenvalue weighted by Crippen LogP contribution is -2.02. The second-order valence-corrected chi connectivity index (χ2v) is 3.87. The molecule has 0 radical (unpaired) electrons. The largest absolute Gasteiger partial charge is 0.402 e. The molecule has 1 aromatic rings. The van der Waals surface area contributed by atoms with E-state index in [2.05, 4.69) is 4.98 Å². The molecule has 0 aliphatic rings. The lowest BCUT2D eigenvalue weighted by atomic mass is 10.0. The predicted molar refractivity (Wildman–Crippen MR) is 69.6 cm³/mol. The van der Waals surface area contributed by atoms with Crippen LogP contribution in [0.15, 0.2) is 41.9 Å². The van der Waals surface area contributed by atoms with Gasteiger partial charge in [-0.15, -0.1) is 0 Å². The van der Waals surface area contributed by atoms with Gasteiger partial charge in [-0.3, -0.25) is 4.98 Å². The summed E-state index contributed by atoms with van der Waals surface area (Å²) in [7, 11) is 0. The van der Waals surface area contributed by atoms with Crippen molar-refractivity contribution in [2.24, 2.45) is 11.5 Å². The molecule has 0 saturated heterocycles. The molecule has 0 spiro atoms. The van der Waals surface area contributed by atoms with Gasteiger partial charge in [-0.25, -0.2) is 0 Å². The highest BCUT2D eigenvalue weighted by Crippen LogP contribution is 2.15. The van der Waals surface area contributed by atoms with Crippen LogP contribution in [0.3, 0.4) is 0 Å². The minimum absolute atomic E-state index is 0.153. The normalized spacial score (nSPS) is 13.4. The van der Waals surface area contributed by atoms with Crippen LogP contribution in [-0.4, -0.2) is 16.7 Å². The number of aliphatic hydroxyl groups excluding tert-OH is 1. The van der Waals surface area contributed by atoms with Crippen LogP contribution in [0.1, 0.15) is 25.3 Å². The van der Waals surface area contributed by atoms with Gasteiger partial charge in [0.25, 0.3) is 0 Å². The molecule has 4 heteroatoms. The Hall–Kier alpha value is -1.81. The second-order valence-electron chi connectivity index (χ2n) is 3.87. The standard InChI is InChI=1S/C13H19N3O/c1-10(14)12(3-2-8-17)9-13(15)11-4-6-16-7-5-11/h4-7,9,17H,2-3,8,14-15H2,1H3/b12-10-,13-9-. The molecule has 4 nitrogen and oxygen atoms in total. The number of rotatable bonds is 5. The van der Waals surface area contributed by atoms with Gasteiger partial charge in [0.15, 0.2) is 0 Å². The molecular weight excluding hydrogens is 214 g/mol. The van der Waals surface area contributed by atoms with Gasteiger partial charge >= 0.3 is 0 Å². The van der Waals surface area contributed by atoms with Crippen molar-refractivity contribution < 1.29 is 5.11 Å². The van der Waals surface area contributed by atoms with Gasteiger partial charge in [-0.2, -0.15) is 0 Å². The van der Waals surface area contributed by atoms with Crippen molar-refractivity contribution in [3.05, 3.63) is 47.4 Å². The van der Waals surface area contributed by atoms with E-state index in [0.717, 1.165) is 23.3 Å². The first-order valence-corrected chi connectivity index (χ1v) is 5.58. The van der Waals surface area contributed by atoms with Crippen molar-refractivity contribution >= 4 is 5.70 Å². The van der Waals surface area contributed by atoms with Gasteiger partial charge in [0.2, 0.25) is 0 Å². The highest BCUT2D eigenvalue weighted by molar-refractivity contribution is 5.65. The summed E-state index contributed by atoms with van der Waals surface area (Å²) in [5.41, 5.74) is 15.1. The number of allylic oxidation sites excluding steroid dienone is 3. The zero-order valence-corrected chi connectivity index (χ0v) is 10.1. The van der Waals surface area contributed by atoms with Gasteiger partial charge in [0, 0.05) is 36.0 Å². The van der Waals surface area contributed by atoms with E-state index in [1.165, 1.54) is 0 Å². The Morgan fingerprint density at radius 2 is 2.00 bits per heavy atom. The zero-order chi connectivity index (χ0) is 12.7. The average Bonchev–Trinajstić information content (AvgIpc) is 2.35. The average molecular weight is 233 g/mol. The fraction of sp³-hybridized carbons (Fsp3) is 0.308. The Morgan fingerprint density at radius 3 is 2.53 bits per heavy atom. The summed E-state index contributed by atoms with van der Waals surface area (Å²) >= 11 is 0. The minimum atomic E-state index is 0.153. The first-order chi connectivity index (χ1) is 8.15. The molecule has 0 aliphatic heterocycles. The fourth-order valence-electron chi connectivity index (χ4n) is 1.47. The number of aromatic nitrogens is 1. The highest BCUT2D eigenvalue weighted by atomic mass is 16.2. The molecule has 1 heterocycles. The van der Waals surface area contributed by atoms with E-state index in [9.17, 15) is 0 Å². The molecule has 1 aromatic heterocycles. The van der Waals surface area contributed by atoms with E-state index < -0.39 is 0 Å². The molecule has 5 N–H and O–H groups in total. The molecule has 0 bridgehead atoms. The van der Waals surface area contributed by atoms with Crippen molar-refractivity contribution in [3.8, 4) is 0 Å². The number of nitrogens with two attached hydrogens (primary N) is 2.